The second-order valence-electron chi connectivity index (χ2n) is 8.76. The van der Waals surface area contributed by atoms with Gasteiger partial charge in [0.25, 0.3) is 5.69 Å². The smallest absolute Gasteiger partial charge is 0.331 e. The number of thioether (sulfide) groups is 1. The number of hydrogen-bond donors (Lipinski definition) is 2. The summed E-state index contributed by atoms with van der Waals surface area (Å²) in [6.45, 7) is 5.19. The molecule has 0 amide bonds. The Labute approximate surface area is 218 Å². The van der Waals surface area contributed by atoms with Gasteiger partial charge in [-0.3, -0.25) is 14.9 Å². The normalized spacial score (nSPS) is 18.1. The Morgan fingerprint density at radius 1 is 1.14 bits per heavy atom. The maximum absolute atomic E-state index is 13.7. The number of sulfone groups is 1. The molecular formula is C26H25NO8S2. The van der Waals surface area contributed by atoms with Crippen molar-refractivity contribution < 1.29 is 33.1 Å². The van der Waals surface area contributed by atoms with E-state index < -0.39 is 43.6 Å². The van der Waals surface area contributed by atoms with E-state index in [1.54, 1.807) is 6.07 Å². The van der Waals surface area contributed by atoms with Crippen LogP contribution in [-0.2, 0) is 19.4 Å². The third kappa shape index (κ3) is 6.00. The van der Waals surface area contributed by atoms with Crippen LogP contribution < -0.4 is 0 Å². The highest BCUT2D eigenvalue weighted by molar-refractivity contribution is 8.05. The Morgan fingerprint density at radius 2 is 1.84 bits per heavy atom. The van der Waals surface area contributed by atoms with E-state index >= 15 is 0 Å². The second kappa shape index (κ2) is 10.7. The molecule has 0 aromatic heterocycles. The number of rotatable bonds is 9. The molecule has 1 aliphatic carbocycles. The number of nitro benzene ring substituents is 1. The van der Waals surface area contributed by atoms with Crippen LogP contribution >= 0.6 is 11.8 Å². The van der Waals surface area contributed by atoms with Crippen LogP contribution in [0.3, 0.4) is 0 Å². The number of nitrogens with zero attached hydrogens (tertiary/aromatic N) is 1. The third-order valence-corrected chi connectivity index (χ3v) is 9.64. The standard InChI is InChI=1S/C26H25NO8S2/c1-16-7-8-18(3)23(11-16)36-21(13-19-5-4-6-20(12-19)27(32)33)15-37(34,35)26(25(30)31)10-9-17(2)22(14-26)24(28)29/h4-13H,14-15H2,1-3H3,(H,28,29)(H,30,31). The molecule has 0 saturated heterocycles. The number of aliphatic carboxylic acids is 2. The van der Waals surface area contributed by atoms with E-state index in [9.17, 15) is 38.3 Å². The van der Waals surface area contributed by atoms with E-state index in [-0.39, 0.29) is 21.7 Å². The predicted octanol–water partition coefficient (Wildman–Crippen LogP) is 4.94. The van der Waals surface area contributed by atoms with Gasteiger partial charge >= 0.3 is 11.9 Å². The lowest BCUT2D eigenvalue weighted by molar-refractivity contribution is -0.384. The number of allylic oxidation sites excluding steroid dienone is 2. The molecule has 0 aliphatic heterocycles. The molecule has 2 aromatic carbocycles. The van der Waals surface area contributed by atoms with Gasteiger partial charge in [-0.2, -0.15) is 0 Å². The number of hydrogen-bond acceptors (Lipinski definition) is 7. The Kier molecular flexibility index (Phi) is 8.09. The SMILES string of the molecule is CC1=C(C(=O)O)CC(C(=O)O)(S(=O)(=O)CC(=Cc2cccc([N+](=O)[O-])c2)Sc2cc(C)ccc2C)C=C1. The van der Waals surface area contributed by atoms with E-state index in [1.165, 1.54) is 37.3 Å². The summed E-state index contributed by atoms with van der Waals surface area (Å²) in [6, 6.07) is 11.3. The summed E-state index contributed by atoms with van der Waals surface area (Å²) < 4.78 is 25.0. The fourth-order valence-corrected chi connectivity index (χ4v) is 7.12. The molecule has 0 radical (unpaired) electrons. The first kappa shape index (κ1) is 27.9. The monoisotopic (exact) mass is 543 g/mol. The van der Waals surface area contributed by atoms with Gasteiger partial charge in [0, 0.05) is 33.9 Å². The molecule has 0 spiro atoms. The Morgan fingerprint density at radius 3 is 2.46 bits per heavy atom. The van der Waals surface area contributed by atoms with Crippen molar-refractivity contribution in [1.82, 2.24) is 0 Å². The Hall–Kier alpha value is -3.70. The number of benzene rings is 2. The minimum absolute atomic E-state index is 0.184. The van der Waals surface area contributed by atoms with E-state index in [1.807, 2.05) is 32.0 Å². The molecule has 37 heavy (non-hydrogen) atoms. The van der Waals surface area contributed by atoms with Crippen LogP contribution in [0.4, 0.5) is 5.69 Å². The molecular weight excluding hydrogens is 518 g/mol. The average molecular weight is 544 g/mol. The van der Waals surface area contributed by atoms with Crippen LogP contribution in [-0.4, -0.2) is 46.0 Å². The fraction of sp³-hybridized carbons (Fsp3) is 0.231. The third-order valence-electron chi connectivity index (χ3n) is 6.02. The van der Waals surface area contributed by atoms with Crippen LogP contribution in [0.5, 0.6) is 0 Å². The molecule has 194 valence electrons. The summed E-state index contributed by atoms with van der Waals surface area (Å²) in [5.41, 5.74) is 1.95. The van der Waals surface area contributed by atoms with Crippen molar-refractivity contribution >= 4 is 45.3 Å². The molecule has 2 aromatic rings. The van der Waals surface area contributed by atoms with Crippen molar-refractivity contribution in [2.75, 3.05) is 5.75 Å². The Bertz CT molecular complexity index is 1490. The lowest BCUT2D eigenvalue weighted by Crippen LogP contribution is -2.48. The quantitative estimate of drug-likeness (QED) is 0.254. The van der Waals surface area contributed by atoms with Crippen molar-refractivity contribution in [3.8, 4) is 0 Å². The summed E-state index contributed by atoms with van der Waals surface area (Å²) in [6.07, 6.45) is 2.99. The maximum Gasteiger partial charge on any atom is 0.331 e. The molecule has 2 N–H and O–H groups in total. The number of non-ortho nitro benzene ring substituents is 1. The van der Waals surface area contributed by atoms with Crippen molar-refractivity contribution in [3.05, 3.63) is 97.5 Å². The highest BCUT2D eigenvalue weighted by atomic mass is 32.2. The Balaban J connectivity index is 2.13. The van der Waals surface area contributed by atoms with Crippen molar-refractivity contribution in [1.29, 1.82) is 0 Å². The number of nitro groups is 1. The summed E-state index contributed by atoms with van der Waals surface area (Å²) in [7, 11) is -4.53. The lowest BCUT2D eigenvalue weighted by atomic mass is 9.89. The average Bonchev–Trinajstić information content (AvgIpc) is 2.81. The lowest BCUT2D eigenvalue weighted by Gasteiger charge is -2.30. The van der Waals surface area contributed by atoms with Gasteiger partial charge in [-0.25, -0.2) is 13.2 Å². The highest BCUT2D eigenvalue weighted by Gasteiger charge is 2.51. The van der Waals surface area contributed by atoms with E-state index in [0.29, 0.717) is 5.56 Å². The summed E-state index contributed by atoms with van der Waals surface area (Å²) in [5.74, 6) is -3.79. The zero-order valence-electron chi connectivity index (χ0n) is 20.3. The zero-order chi connectivity index (χ0) is 27.5. The van der Waals surface area contributed by atoms with Gasteiger partial charge in [0.15, 0.2) is 14.6 Å². The van der Waals surface area contributed by atoms with Gasteiger partial charge in [0.1, 0.15) is 0 Å². The summed E-state index contributed by atoms with van der Waals surface area (Å²) in [5, 5.41) is 30.8. The number of carbonyl (C=O) groups is 2. The van der Waals surface area contributed by atoms with E-state index in [2.05, 4.69) is 0 Å². The molecule has 0 bridgehead atoms. The second-order valence-corrected chi connectivity index (χ2v) is 12.2. The number of carboxylic acid groups (broad SMARTS) is 2. The molecule has 11 heteroatoms. The summed E-state index contributed by atoms with van der Waals surface area (Å²) >= 11 is 1.11. The number of aryl methyl sites for hydroxylation is 2. The number of carboxylic acids is 2. The minimum Gasteiger partial charge on any atom is -0.480 e. The van der Waals surface area contributed by atoms with Gasteiger partial charge in [0.2, 0.25) is 0 Å². The molecule has 9 nitrogen and oxygen atoms in total. The first-order valence-electron chi connectivity index (χ1n) is 11.0. The van der Waals surface area contributed by atoms with Crippen LogP contribution in [0.25, 0.3) is 6.08 Å². The molecule has 1 aliphatic rings. The van der Waals surface area contributed by atoms with Crippen molar-refractivity contribution in [2.45, 2.75) is 36.8 Å². The molecule has 0 heterocycles. The first-order chi connectivity index (χ1) is 17.3. The van der Waals surface area contributed by atoms with E-state index in [0.717, 1.165) is 33.9 Å². The maximum atomic E-state index is 13.7. The van der Waals surface area contributed by atoms with Crippen LogP contribution in [0, 0.1) is 24.0 Å². The fourth-order valence-electron chi connectivity index (χ4n) is 3.85. The van der Waals surface area contributed by atoms with Crippen LogP contribution in [0.1, 0.15) is 30.0 Å². The van der Waals surface area contributed by atoms with Crippen molar-refractivity contribution in [3.63, 3.8) is 0 Å². The van der Waals surface area contributed by atoms with Crippen LogP contribution in [0.15, 0.2) is 75.6 Å². The van der Waals surface area contributed by atoms with Crippen LogP contribution in [0.2, 0.25) is 0 Å². The molecule has 3 rings (SSSR count). The first-order valence-corrected chi connectivity index (χ1v) is 13.5. The van der Waals surface area contributed by atoms with Gasteiger partial charge < -0.3 is 10.2 Å². The molecule has 1 unspecified atom stereocenters. The predicted molar refractivity (Wildman–Crippen MR) is 141 cm³/mol. The van der Waals surface area contributed by atoms with Gasteiger partial charge in [-0.05, 0) is 55.2 Å². The van der Waals surface area contributed by atoms with Gasteiger partial charge in [0.05, 0.1) is 10.7 Å². The molecule has 0 saturated carbocycles. The minimum atomic E-state index is -4.53. The van der Waals surface area contributed by atoms with Gasteiger partial charge in [-0.1, -0.05) is 48.2 Å². The highest BCUT2D eigenvalue weighted by Crippen LogP contribution is 2.39. The largest absolute Gasteiger partial charge is 0.480 e. The van der Waals surface area contributed by atoms with E-state index in [4.69, 9.17) is 0 Å². The van der Waals surface area contributed by atoms with Crippen molar-refractivity contribution in [2.24, 2.45) is 0 Å². The topological polar surface area (TPSA) is 152 Å². The zero-order valence-corrected chi connectivity index (χ0v) is 21.9. The molecule has 1 atom stereocenters. The molecule has 0 fully saturated rings. The van der Waals surface area contributed by atoms with Gasteiger partial charge in [-0.15, -0.1) is 0 Å². The summed E-state index contributed by atoms with van der Waals surface area (Å²) in [4.78, 5) is 35.7.